The quantitative estimate of drug-likeness (QED) is 0.421. The summed E-state index contributed by atoms with van der Waals surface area (Å²) >= 11 is 0. The largest absolute Gasteiger partial charge is 0.370 e. The van der Waals surface area contributed by atoms with Gasteiger partial charge in [-0.15, -0.1) is 0 Å². The minimum atomic E-state index is 0.0851. The predicted octanol–water partition coefficient (Wildman–Crippen LogP) is 6.55. The Morgan fingerprint density at radius 2 is 1.94 bits per heavy atom. The number of hydrogen-bond donors (Lipinski definition) is 0. The molecule has 3 saturated carbocycles. The van der Waals surface area contributed by atoms with Gasteiger partial charge in [-0.25, -0.2) is 0 Å². The van der Waals surface area contributed by atoms with Crippen LogP contribution < -0.4 is 0 Å². The van der Waals surface area contributed by atoms with E-state index in [1.807, 2.05) is 5.57 Å². The first-order valence-corrected chi connectivity index (χ1v) is 14.3. The molecular formula is C30H47NO2. The van der Waals surface area contributed by atoms with Crippen LogP contribution in [-0.4, -0.2) is 41.0 Å². The third kappa shape index (κ3) is 3.53. The summed E-state index contributed by atoms with van der Waals surface area (Å²) in [4.78, 5) is 15.0. The van der Waals surface area contributed by atoms with Crippen molar-refractivity contribution in [2.75, 3.05) is 6.54 Å². The van der Waals surface area contributed by atoms with Crippen LogP contribution in [0, 0.1) is 35.0 Å². The maximum Gasteiger partial charge on any atom is 0.133 e. The van der Waals surface area contributed by atoms with Crippen LogP contribution in [0.3, 0.4) is 0 Å². The standard InChI is InChI=1S/C30H47NO2/c1-18(2)31-17-19(3)12-28-27(31)16-30(33-28)11-9-23-24-7-6-21-13-22(32)8-10-29(21,5)26(24)14-25(23)20(4)15-30/h18-19,21,23-24,26-28H,6-17H2,1-5H3. The van der Waals surface area contributed by atoms with E-state index >= 15 is 0 Å². The monoisotopic (exact) mass is 453 g/mol. The summed E-state index contributed by atoms with van der Waals surface area (Å²) < 4.78 is 7.10. The molecule has 1 spiro atoms. The summed E-state index contributed by atoms with van der Waals surface area (Å²) in [7, 11) is 0. The molecule has 9 atom stereocenters. The van der Waals surface area contributed by atoms with Crippen molar-refractivity contribution in [1.82, 2.24) is 4.90 Å². The molecule has 0 bridgehead atoms. The molecule has 2 aliphatic heterocycles. The molecule has 0 amide bonds. The van der Waals surface area contributed by atoms with E-state index in [4.69, 9.17) is 4.74 Å². The van der Waals surface area contributed by atoms with Gasteiger partial charge in [0.25, 0.3) is 0 Å². The third-order valence-electron chi connectivity index (χ3n) is 11.7. The molecule has 2 heterocycles. The van der Waals surface area contributed by atoms with Gasteiger partial charge in [0.15, 0.2) is 0 Å². The highest BCUT2D eigenvalue weighted by molar-refractivity contribution is 5.79. The van der Waals surface area contributed by atoms with Crippen molar-refractivity contribution in [2.24, 2.45) is 35.0 Å². The summed E-state index contributed by atoms with van der Waals surface area (Å²) in [6.45, 7) is 13.4. The summed E-state index contributed by atoms with van der Waals surface area (Å²) in [6, 6.07) is 1.24. The Hall–Kier alpha value is -0.670. The minimum absolute atomic E-state index is 0.0851. The average molecular weight is 454 g/mol. The van der Waals surface area contributed by atoms with Crippen LogP contribution >= 0.6 is 0 Å². The highest BCUT2D eigenvalue weighted by Crippen LogP contribution is 2.64. The van der Waals surface area contributed by atoms with E-state index in [9.17, 15) is 4.79 Å². The SMILES string of the molecule is CC1=C2CC3C(CCC4CC(=O)CCC43C)C2CCC2(C1)CC1C(CC(C)CN1C(C)C)O2. The zero-order valence-electron chi connectivity index (χ0n) is 21.9. The van der Waals surface area contributed by atoms with Gasteiger partial charge >= 0.3 is 0 Å². The van der Waals surface area contributed by atoms with Crippen molar-refractivity contribution < 1.29 is 9.53 Å². The second-order valence-corrected chi connectivity index (χ2v) is 13.9. The van der Waals surface area contributed by atoms with E-state index in [1.54, 1.807) is 5.57 Å². The first kappa shape index (κ1) is 22.8. The van der Waals surface area contributed by atoms with Crippen LogP contribution in [0.4, 0.5) is 0 Å². The van der Waals surface area contributed by atoms with Crippen molar-refractivity contribution >= 4 is 5.78 Å². The van der Waals surface area contributed by atoms with E-state index in [1.165, 1.54) is 57.9 Å². The number of carbonyl (C=O) groups is 1. The molecule has 5 fully saturated rings. The highest BCUT2D eigenvalue weighted by Gasteiger charge is 2.58. The number of allylic oxidation sites excluding steroid dienone is 1. The molecule has 9 unspecified atom stereocenters. The van der Waals surface area contributed by atoms with Crippen LogP contribution in [0.5, 0.6) is 0 Å². The zero-order valence-corrected chi connectivity index (χ0v) is 21.9. The molecule has 184 valence electrons. The number of carbonyl (C=O) groups excluding carboxylic acids is 1. The number of Topliss-reactive ketones (excluding diaryl/α,β-unsaturated/α-hetero) is 1. The molecule has 33 heavy (non-hydrogen) atoms. The fourth-order valence-corrected chi connectivity index (χ4v) is 10.1. The van der Waals surface area contributed by atoms with E-state index in [2.05, 4.69) is 39.5 Å². The maximum atomic E-state index is 12.2. The first-order valence-electron chi connectivity index (χ1n) is 14.3. The van der Waals surface area contributed by atoms with Crippen molar-refractivity contribution in [3.05, 3.63) is 11.1 Å². The van der Waals surface area contributed by atoms with Crippen LogP contribution in [0.2, 0.25) is 0 Å². The van der Waals surface area contributed by atoms with Gasteiger partial charge in [-0.1, -0.05) is 25.0 Å². The molecule has 0 radical (unpaired) electrons. The Kier molecular flexibility index (Phi) is 5.46. The lowest BCUT2D eigenvalue weighted by Crippen LogP contribution is -2.51. The van der Waals surface area contributed by atoms with E-state index in [0.717, 1.165) is 42.9 Å². The Labute approximate surface area is 202 Å². The number of fused-ring (bicyclic) bond motifs is 6. The molecule has 0 aromatic rings. The summed E-state index contributed by atoms with van der Waals surface area (Å²) in [5.74, 6) is 4.39. The zero-order chi connectivity index (χ0) is 23.1. The fraction of sp³-hybridized carbons (Fsp3) is 0.900. The van der Waals surface area contributed by atoms with Gasteiger partial charge in [0.05, 0.1) is 11.7 Å². The highest BCUT2D eigenvalue weighted by atomic mass is 16.5. The molecule has 0 aromatic carbocycles. The van der Waals surface area contributed by atoms with Crippen LogP contribution in [-0.2, 0) is 9.53 Å². The van der Waals surface area contributed by atoms with Crippen LogP contribution in [0.15, 0.2) is 11.1 Å². The number of rotatable bonds is 1. The lowest BCUT2D eigenvalue weighted by atomic mass is 9.52. The van der Waals surface area contributed by atoms with Crippen molar-refractivity contribution in [3.8, 4) is 0 Å². The second-order valence-electron chi connectivity index (χ2n) is 13.9. The van der Waals surface area contributed by atoms with Gasteiger partial charge in [-0.3, -0.25) is 9.69 Å². The average Bonchev–Trinajstić information content (AvgIpc) is 3.27. The summed E-state index contributed by atoms with van der Waals surface area (Å²) in [6.07, 6.45) is 13.5. The van der Waals surface area contributed by atoms with Gasteiger partial charge in [0.1, 0.15) is 5.78 Å². The molecule has 6 aliphatic rings. The lowest BCUT2D eigenvalue weighted by Gasteiger charge is -2.52. The molecule has 0 aromatic heterocycles. The van der Waals surface area contributed by atoms with E-state index in [0.29, 0.717) is 35.3 Å². The summed E-state index contributed by atoms with van der Waals surface area (Å²) in [5.41, 5.74) is 4.00. The topological polar surface area (TPSA) is 29.5 Å². The van der Waals surface area contributed by atoms with Gasteiger partial charge < -0.3 is 4.74 Å². The number of ether oxygens (including phenoxy) is 1. The second kappa shape index (κ2) is 7.92. The number of piperidine rings is 1. The molecule has 6 rings (SSSR count). The van der Waals surface area contributed by atoms with E-state index in [-0.39, 0.29) is 5.60 Å². The molecule has 3 nitrogen and oxygen atoms in total. The van der Waals surface area contributed by atoms with Crippen molar-refractivity contribution in [2.45, 2.75) is 129 Å². The first-order chi connectivity index (χ1) is 15.7. The molecule has 2 saturated heterocycles. The molecular weight excluding hydrogens is 406 g/mol. The smallest absolute Gasteiger partial charge is 0.133 e. The number of nitrogens with zero attached hydrogens (tertiary/aromatic N) is 1. The summed E-state index contributed by atoms with van der Waals surface area (Å²) in [5, 5.41) is 0. The van der Waals surface area contributed by atoms with Gasteiger partial charge in [0, 0.05) is 31.5 Å². The fourth-order valence-electron chi connectivity index (χ4n) is 10.1. The lowest BCUT2D eigenvalue weighted by molar-refractivity contribution is -0.129. The van der Waals surface area contributed by atoms with Crippen molar-refractivity contribution in [3.63, 3.8) is 0 Å². The molecule has 0 N–H and O–H groups in total. The molecule has 3 heteroatoms. The maximum absolute atomic E-state index is 12.2. The number of ketones is 1. The Morgan fingerprint density at radius 1 is 1.12 bits per heavy atom. The van der Waals surface area contributed by atoms with Gasteiger partial charge in [-0.2, -0.15) is 0 Å². The Balaban J connectivity index is 1.25. The number of hydrogen-bond acceptors (Lipinski definition) is 3. The van der Waals surface area contributed by atoms with Gasteiger partial charge in [-0.05, 0) is 114 Å². The van der Waals surface area contributed by atoms with Crippen LogP contribution in [0.25, 0.3) is 0 Å². The third-order valence-corrected chi connectivity index (χ3v) is 11.7. The van der Waals surface area contributed by atoms with Crippen LogP contribution in [0.1, 0.15) is 105 Å². The Morgan fingerprint density at radius 3 is 2.73 bits per heavy atom. The minimum Gasteiger partial charge on any atom is -0.370 e. The predicted molar refractivity (Wildman–Crippen MR) is 133 cm³/mol. The van der Waals surface area contributed by atoms with Crippen molar-refractivity contribution in [1.29, 1.82) is 0 Å². The Bertz CT molecular complexity index is 846. The molecule has 4 aliphatic carbocycles. The normalized spacial score (nSPS) is 50.2. The number of likely N-dealkylation sites (tertiary alicyclic amines) is 1. The van der Waals surface area contributed by atoms with E-state index < -0.39 is 0 Å². The van der Waals surface area contributed by atoms with Gasteiger partial charge in [0.2, 0.25) is 0 Å².